The van der Waals surface area contributed by atoms with Gasteiger partial charge in [0.25, 0.3) is 0 Å². The van der Waals surface area contributed by atoms with E-state index in [2.05, 4.69) is 6.07 Å². The first kappa shape index (κ1) is 19.3. The quantitative estimate of drug-likeness (QED) is 0.764. The van der Waals surface area contributed by atoms with Gasteiger partial charge in [0, 0.05) is 13.6 Å². The van der Waals surface area contributed by atoms with Crippen LogP contribution in [0.5, 0.6) is 5.75 Å². The van der Waals surface area contributed by atoms with Crippen LogP contribution in [0.15, 0.2) is 24.3 Å². The van der Waals surface area contributed by atoms with Crippen molar-refractivity contribution in [2.24, 2.45) is 0 Å². The first-order valence-electron chi connectivity index (χ1n) is 9.03. The van der Waals surface area contributed by atoms with E-state index in [0.717, 1.165) is 43.4 Å². The van der Waals surface area contributed by atoms with Crippen molar-refractivity contribution in [3.8, 4) is 11.8 Å². The van der Waals surface area contributed by atoms with Crippen LogP contribution in [0.4, 0.5) is 0 Å². The topological polar surface area (TPSA) is 56.6 Å². The van der Waals surface area contributed by atoms with Gasteiger partial charge in [-0.05, 0) is 44.5 Å². The van der Waals surface area contributed by atoms with Crippen molar-refractivity contribution in [3.63, 3.8) is 0 Å². The van der Waals surface area contributed by atoms with Gasteiger partial charge in [0.1, 0.15) is 17.9 Å². The molecule has 0 N–H and O–H groups in total. The smallest absolute Gasteiger partial charge is 0.237 e. The SMILES string of the molecule is Cc1cccc(OCCN(C)CC(=O)N(C)C2(C#N)CCCCC2)c1. The van der Waals surface area contributed by atoms with Crippen LogP contribution in [0.2, 0.25) is 0 Å². The number of hydrogen-bond acceptors (Lipinski definition) is 4. The normalized spacial score (nSPS) is 16.3. The van der Waals surface area contributed by atoms with Gasteiger partial charge >= 0.3 is 0 Å². The van der Waals surface area contributed by atoms with E-state index in [0.29, 0.717) is 19.7 Å². The summed E-state index contributed by atoms with van der Waals surface area (Å²) in [5, 5.41) is 9.61. The van der Waals surface area contributed by atoms with Gasteiger partial charge in [-0.3, -0.25) is 9.69 Å². The fourth-order valence-corrected chi connectivity index (χ4v) is 3.34. The maximum Gasteiger partial charge on any atom is 0.237 e. The molecule has 1 aliphatic rings. The largest absolute Gasteiger partial charge is 0.492 e. The predicted molar refractivity (Wildman–Crippen MR) is 98.4 cm³/mol. The Morgan fingerprint density at radius 1 is 1.28 bits per heavy atom. The maximum absolute atomic E-state index is 12.6. The van der Waals surface area contributed by atoms with E-state index < -0.39 is 5.54 Å². The van der Waals surface area contributed by atoms with E-state index >= 15 is 0 Å². The summed E-state index contributed by atoms with van der Waals surface area (Å²) in [6.45, 7) is 3.52. The number of carbonyl (C=O) groups excluding carboxylic acids is 1. The van der Waals surface area contributed by atoms with Gasteiger partial charge in [0.2, 0.25) is 5.91 Å². The highest BCUT2D eigenvalue weighted by Crippen LogP contribution is 2.32. The molecule has 5 nitrogen and oxygen atoms in total. The van der Waals surface area contributed by atoms with Gasteiger partial charge < -0.3 is 9.64 Å². The van der Waals surface area contributed by atoms with Gasteiger partial charge in [0.05, 0.1) is 12.6 Å². The summed E-state index contributed by atoms with van der Waals surface area (Å²) in [6.07, 6.45) is 4.76. The Morgan fingerprint density at radius 2 is 2.00 bits per heavy atom. The van der Waals surface area contributed by atoms with Gasteiger partial charge in [-0.1, -0.05) is 31.4 Å². The van der Waals surface area contributed by atoms with Crippen molar-refractivity contribution < 1.29 is 9.53 Å². The summed E-state index contributed by atoms with van der Waals surface area (Å²) < 4.78 is 5.74. The van der Waals surface area contributed by atoms with E-state index in [9.17, 15) is 10.1 Å². The Hall–Kier alpha value is -2.06. The van der Waals surface area contributed by atoms with Gasteiger partial charge in [-0.2, -0.15) is 5.26 Å². The summed E-state index contributed by atoms with van der Waals surface area (Å²) in [7, 11) is 3.68. The van der Waals surface area contributed by atoms with E-state index in [-0.39, 0.29) is 5.91 Å². The Bertz CT molecular complexity index is 618. The number of amides is 1. The van der Waals surface area contributed by atoms with Gasteiger partial charge in [-0.15, -0.1) is 0 Å². The van der Waals surface area contributed by atoms with E-state index in [1.54, 1.807) is 11.9 Å². The third-order valence-electron chi connectivity index (χ3n) is 5.04. The molecule has 0 spiro atoms. The predicted octanol–water partition coefficient (Wildman–Crippen LogP) is 2.99. The molecular formula is C20H29N3O2. The molecule has 0 heterocycles. The number of nitriles is 1. The Balaban J connectivity index is 1.80. The molecule has 25 heavy (non-hydrogen) atoms. The second-order valence-electron chi connectivity index (χ2n) is 7.06. The van der Waals surface area contributed by atoms with Crippen LogP contribution in [0.1, 0.15) is 37.7 Å². The molecule has 1 aromatic carbocycles. The van der Waals surface area contributed by atoms with E-state index in [1.807, 2.05) is 43.1 Å². The molecule has 0 aromatic heterocycles. The highest BCUT2D eigenvalue weighted by atomic mass is 16.5. The minimum Gasteiger partial charge on any atom is -0.492 e. The van der Waals surface area contributed by atoms with Crippen molar-refractivity contribution in [3.05, 3.63) is 29.8 Å². The standard InChI is InChI=1S/C20H29N3O2/c1-17-8-7-9-18(14-17)25-13-12-22(2)15-19(24)23(3)20(16-21)10-5-4-6-11-20/h7-9,14H,4-6,10-13,15H2,1-3H3. The zero-order chi connectivity index (χ0) is 18.3. The van der Waals surface area contributed by atoms with Gasteiger partial charge in [0.15, 0.2) is 0 Å². The number of aryl methyl sites for hydroxylation is 1. The third-order valence-corrected chi connectivity index (χ3v) is 5.04. The van der Waals surface area contributed by atoms with Crippen molar-refractivity contribution in [1.29, 1.82) is 5.26 Å². The Kier molecular flexibility index (Phi) is 6.83. The highest BCUT2D eigenvalue weighted by molar-refractivity contribution is 5.79. The number of hydrogen-bond donors (Lipinski definition) is 0. The molecule has 136 valence electrons. The fourth-order valence-electron chi connectivity index (χ4n) is 3.34. The summed E-state index contributed by atoms with van der Waals surface area (Å²) in [4.78, 5) is 16.2. The second kappa shape index (κ2) is 8.87. The molecular weight excluding hydrogens is 314 g/mol. The molecule has 0 aliphatic heterocycles. The highest BCUT2D eigenvalue weighted by Gasteiger charge is 2.38. The molecule has 1 saturated carbocycles. The van der Waals surface area contributed by atoms with Crippen LogP contribution in [-0.2, 0) is 4.79 Å². The number of rotatable bonds is 7. The second-order valence-corrected chi connectivity index (χ2v) is 7.06. The minimum absolute atomic E-state index is 0.00139. The molecule has 0 atom stereocenters. The van der Waals surface area contributed by atoms with Crippen LogP contribution in [0.3, 0.4) is 0 Å². The van der Waals surface area contributed by atoms with Crippen molar-refractivity contribution >= 4 is 5.91 Å². The van der Waals surface area contributed by atoms with Crippen LogP contribution in [0, 0.1) is 18.3 Å². The number of benzene rings is 1. The van der Waals surface area contributed by atoms with Crippen molar-refractivity contribution in [1.82, 2.24) is 9.80 Å². The molecule has 2 rings (SSSR count). The van der Waals surface area contributed by atoms with Crippen LogP contribution in [-0.4, -0.2) is 55.0 Å². The summed E-state index contributed by atoms with van der Waals surface area (Å²) in [5.74, 6) is 0.851. The van der Waals surface area contributed by atoms with Crippen molar-refractivity contribution in [2.45, 2.75) is 44.6 Å². The first-order chi connectivity index (χ1) is 12.0. The average Bonchev–Trinajstić information content (AvgIpc) is 2.61. The molecule has 0 saturated heterocycles. The number of ether oxygens (including phenoxy) is 1. The lowest BCUT2D eigenvalue weighted by atomic mass is 9.81. The first-order valence-corrected chi connectivity index (χ1v) is 9.03. The molecule has 1 aromatic rings. The number of carbonyl (C=O) groups is 1. The number of likely N-dealkylation sites (N-methyl/N-ethyl adjacent to an activating group) is 2. The molecule has 0 unspecified atom stereocenters. The Labute approximate surface area is 151 Å². The minimum atomic E-state index is -0.617. The van der Waals surface area contributed by atoms with Crippen LogP contribution < -0.4 is 4.74 Å². The molecule has 0 radical (unpaired) electrons. The fraction of sp³-hybridized carbons (Fsp3) is 0.600. The summed E-state index contributed by atoms with van der Waals surface area (Å²) in [5.41, 5.74) is 0.547. The summed E-state index contributed by atoms with van der Waals surface area (Å²) >= 11 is 0. The lowest BCUT2D eigenvalue weighted by Crippen LogP contribution is -2.52. The van der Waals surface area contributed by atoms with Crippen LogP contribution in [0.25, 0.3) is 0 Å². The molecule has 5 heteroatoms. The summed E-state index contributed by atoms with van der Waals surface area (Å²) in [6, 6.07) is 10.3. The third kappa shape index (κ3) is 5.20. The monoisotopic (exact) mass is 343 g/mol. The lowest BCUT2D eigenvalue weighted by Gasteiger charge is -2.39. The van der Waals surface area contributed by atoms with Crippen LogP contribution >= 0.6 is 0 Å². The molecule has 1 amide bonds. The zero-order valence-corrected chi connectivity index (χ0v) is 15.6. The van der Waals surface area contributed by atoms with E-state index in [1.165, 1.54) is 0 Å². The van der Waals surface area contributed by atoms with E-state index in [4.69, 9.17) is 4.74 Å². The zero-order valence-electron chi connectivity index (χ0n) is 15.6. The Morgan fingerprint density at radius 3 is 2.64 bits per heavy atom. The molecule has 0 bridgehead atoms. The maximum atomic E-state index is 12.6. The molecule has 1 aliphatic carbocycles. The van der Waals surface area contributed by atoms with Gasteiger partial charge in [-0.25, -0.2) is 0 Å². The lowest BCUT2D eigenvalue weighted by molar-refractivity contribution is -0.135. The van der Waals surface area contributed by atoms with Crippen molar-refractivity contribution in [2.75, 3.05) is 33.8 Å². The number of nitrogens with zero attached hydrogens (tertiary/aromatic N) is 3. The average molecular weight is 343 g/mol. The molecule has 1 fully saturated rings.